The van der Waals surface area contributed by atoms with E-state index in [4.69, 9.17) is 0 Å². The first-order valence-corrected chi connectivity index (χ1v) is 6.75. The van der Waals surface area contributed by atoms with Crippen LogP contribution in [0.3, 0.4) is 0 Å². The third kappa shape index (κ3) is 6.16. The summed E-state index contributed by atoms with van der Waals surface area (Å²) >= 11 is 0. The molecule has 0 aromatic heterocycles. The second-order valence-electron chi connectivity index (χ2n) is 4.97. The van der Waals surface area contributed by atoms with Crippen LogP contribution < -0.4 is 5.32 Å². The number of likely N-dealkylation sites (N-methyl/N-ethyl adjacent to an activating group) is 1. The molecule has 1 rings (SSSR count). The van der Waals surface area contributed by atoms with Gasteiger partial charge in [-0.3, -0.25) is 0 Å². The van der Waals surface area contributed by atoms with Crippen molar-refractivity contribution in [2.75, 3.05) is 26.7 Å². The Morgan fingerprint density at radius 3 is 2.73 bits per heavy atom. The zero-order chi connectivity index (χ0) is 10.9. The SMILES string of the molecule is CCCCCCCNC1CCCN(C)C1. The van der Waals surface area contributed by atoms with Crippen LogP contribution in [-0.2, 0) is 0 Å². The Balaban J connectivity index is 1.90. The number of likely N-dealkylation sites (tertiary alicyclic amines) is 1. The van der Waals surface area contributed by atoms with Crippen molar-refractivity contribution < 1.29 is 0 Å². The highest BCUT2D eigenvalue weighted by Crippen LogP contribution is 2.08. The van der Waals surface area contributed by atoms with Crippen molar-refractivity contribution in [2.24, 2.45) is 0 Å². The Kier molecular flexibility index (Phi) is 7.03. The second-order valence-corrected chi connectivity index (χ2v) is 4.97. The quantitative estimate of drug-likeness (QED) is 0.653. The van der Waals surface area contributed by atoms with Crippen LogP contribution in [0.5, 0.6) is 0 Å². The molecule has 0 bridgehead atoms. The van der Waals surface area contributed by atoms with E-state index in [9.17, 15) is 0 Å². The van der Waals surface area contributed by atoms with Gasteiger partial charge in [-0.05, 0) is 39.4 Å². The third-order valence-corrected chi connectivity index (χ3v) is 3.34. The van der Waals surface area contributed by atoms with Crippen LogP contribution in [-0.4, -0.2) is 37.6 Å². The molecule has 0 spiro atoms. The molecule has 0 aromatic rings. The smallest absolute Gasteiger partial charge is 0.0195 e. The van der Waals surface area contributed by atoms with Gasteiger partial charge in [-0.25, -0.2) is 0 Å². The maximum Gasteiger partial charge on any atom is 0.0195 e. The molecule has 1 saturated heterocycles. The van der Waals surface area contributed by atoms with E-state index in [1.165, 1.54) is 64.6 Å². The van der Waals surface area contributed by atoms with Gasteiger partial charge >= 0.3 is 0 Å². The summed E-state index contributed by atoms with van der Waals surface area (Å²) in [5.41, 5.74) is 0. The lowest BCUT2D eigenvalue weighted by Gasteiger charge is -2.30. The number of nitrogens with zero attached hydrogens (tertiary/aromatic N) is 1. The molecule has 1 N–H and O–H groups in total. The number of unbranched alkanes of at least 4 members (excludes halogenated alkanes) is 4. The lowest BCUT2D eigenvalue weighted by atomic mass is 10.1. The van der Waals surface area contributed by atoms with Crippen molar-refractivity contribution in [2.45, 2.75) is 57.9 Å². The van der Waals surface area contributed by atoms with E-state index in [1.807, 2.05) is 0 Å². The summed E-state index contributed by atoms with van der Waals surface area (Å²) < 4.78 is 0. The zero-order valence-corrected chi connectivity index (χ0v) is 10.6. The molecule has 90 valence electrons. The maximum absolute atomic E-state index is 3.69. The van der Waals surface area contributed by atoms with Crippen molar-refractivity contribution in [1.82, 2.24) is 10.2 Å². The van der Waals surface area contributed by atoms with Crippen molar-refractivity contribution in [3.63, 3.8) is 0 Å². The molecule has 1 aliphatic rings. The van der Waals surface area contributed by atoms with Gasteiger partial charge in [0.2, 0.25) is 0 Å². The highest BCUT2D eigenvalue weighted by atomic mass is 15.1. The molecule has 0 radical (unpaired) electrons. The number of piperidine rings is 1. The lowest BCUT2D eigenvalue weighted by molar-refractivity contribution is 0.227. The van der Waals surface area contributed by atoms with Crippen LogP contribution in [0.2, 0.25) is 0 Å². The van der Waals surface area contributed by atoms with Crippen LogP contribution >= 0.6 is 0 Å². The third-order valence-electron chi connectivity index (χ3n) is 3.34. The van der Waals surface area contributed by atoms with Crippen LogP contribution in [0.1, 0.15) is 51.9 Å². The highest BCUT2D eigenvalue weighted by molar-refractivity contribution is 4.75. The molecule has 1 heterocycles. The van der Waals surface area contributed by atoms with Gasteiger partial charge in [0.25, 0.3) is 0 Å². The molecule has 2 heteroatoms. The molecule has 1 aliphatic heterocycles. The van der Waals surface area contributed by atoms with Gasteiger partial charge in [-0.1, -0.05) is 32.6 Å². The van der Waals surface area contributed by atoms with E-state index >= 15 is 0 Å². The van der Waals surface area contributed by atoms with Crippen LogP contribution in [0.4, 0.5) is 0 Å². The molecule has 1 fully saturated rings. The van der Waals surface area contributed by atoms with E-state index in [0.717, 1.165) is 6.04 Å². The van der Waals surface area contributed by atoms with Crippen molar-refractivity contribution >= 4 is 0 Å². The Morgan fingerprint density at radius 2 is 2.00 bits per heavy atom. The molecular formula is C13H28N2. The van der Waals surface area contributed by atoms with Crippen molar-refractivity contribution in [3.05, 3.63) is 0 Å². The Bertz CT molecular complexity index is 147. The first-order chi connectivity index (χ1) is 7.33. The maximum atomic E-state index is 3.69. The molecule has 15 heavy (non-hydrogen) atoms. The van der Waals surface area contributed by atoms with E-state index in [-0.39, 0.29) is 0 Å². The van der Waals surface area contributed by atoms with Gasteiger partial charge in [0.1, 0.15) is 0 Å². The fourth-order valence-electron chi connectivity index (χ4n) is 2.37. The average molecular weight is 212 g/mol. The van der Waals surface area contributed by atoms with E-state index in [1.54, 1.807) is 0 Å². The highest BCUT2D eigenvalue weighted by Gasteiger charge is 2.15. The first kappa shape index (κ1) is 13.0. The van der Waals surface area contributed by atoms with Crippen molar-refractivity contribution in [3.8, 4) is 0 Å². The van der Waals surface area contributed by atoms with Crippen LogP contribution in [0.25, 0.3) is 0 Å². The zero-order valence-electron chi connectivity index (χ0n) is 10.6. The summed E-state index contributed by atoms with van der Waals surface area (Å²) in [6.07, 6.45) is 9.68. The van der Waals surface area contributed by atoms with Crippen LogP contribution in [0, 0.1) is 0 Å². The molecule has 0 aliphatic carbocycles. The molecular weight excluding hydrogens is 184 g/mol. The molecule has 1 atom stereocenters. The summed E-state index contributed by atoms with van der Waals surface area (Å²) in [5, 5.41) is 3.69. The van der Waals surface area contributed by atoms with Gasteiger partial charge in [0, 0.05) is 12.6 Å². The monoisotopic (exact) mass is 212 g/mol. The van der Waals surface area contributed by atoms with Crippen molar-refractivity contribution in [1.29, 1.82) is 0 Å². The molecule has 0 aromatic carbocycles. The van der Waals surface area contributed by atoms with Gasteiger partial charge in [-0.15, -0.1) is 0 Å². The fraction of sp³-hybridized carbons (Fsp3) is 1.00. The topological polar surface area (TPSA) is 15.3 Å². The van der Waals surface area contributed by atoms with Gasteiger partial charge in [-0.2, -0.15) is 0 Å². The Labute approximate surface area is 95.4 Å². The van der Waals surface area contributed by atoms with Gasteiger partial charge in [0.05, 0.1) is 0 Å². The normalized spacial score (nSPS) is 23.2. The van der Waals surface area contributed by atoms with Gasteiger partial charge in [0.15, 0.2) is 0 Å². The van der Waals surface area contributed by atoms with Crippen LogP contribution in [0.15, 0.2) is 0 Å². The largest absolute Gasteiger partial charge is 0.313 e. The second kappa shape index (κ2) is 8.12. The number of hydrogen-bond acceptors (Lipinski definition) is 2. The number of rotatable bonds is 7. The predicted octanol–water partition coefficient (Wildman–Crippen LogP) is 2.64. The fourth-order valence-corrected chi connectivity index (χ4v) is 2.37. The Hall–Kier alpha value is -0.0800. The molecule has 0 amide bonds. The predicted molar refractivity (Wildman–Crippen MR) is 67.3 cm³/mol. The van der Waals surface area contributed by atoms with Gasteiger partial charge < -0.3 is 10.2 Å². The number of nitrogens with one attached hydrogen (secondary N) is 1. The average Bonchev–Trinajstić information content (AvgIpc) is 2.23. The molecule has 0 saturated carbocycles. The molecule has 2 nitrogen and oxygen atoms in total. The van der Waals surface area contributed by atoms with E-state index < -0.39 is 0 Å². The summed E-state index contributed by atoms with van der Waals surface area (Å²) in [6, 6.07) is 0.759. The lowest BCUT2D eigenvalue weighted by Crippen LogP contribution is -2.44. The molecule has 1 unspecified atom stereocenters. The van der Waals surface area contributed by atoms with E-state index in [0.29, 0.717) is 0 Å². The van der Waals surface area contributed by atoms with E-state index in [2.05, 4.69) is 24.2 Å². The summed E-state index contributed by atoms with van der Waals surface area (Å²) in [7, 11) is 2.23. The minimum atomic E-state index is 0.759. The summed E-state index contributed by atoms with van der Waals surface area (Å²) in [4.78, 5) is 2.44. The minimum absolute atomic E-state index is 0.759. The number of hydrogen-bond donors (Lipinski definition) is 1. The summed E-state index contributed by atoms with van der Waals surface area (Å²) in [5.74, 6) is 0. The Morgan fingerprint density at radius 1 is 1.20 bits per heavy atom. The first-order valence-electron chi connectivity index (χ1n) is 6.75. The standard InChI is InChI=1S/C13H28N2/c1-3-4-5-6-7-10-14-13-9-8-11-15(2)12-13/h13-14H,3-12H2,1-2H3. The minimum Gasteiger partial charge on any atom is -0.313 e. The summed E-state index contributed by atoms with van der Waals surface area (Å²) in [6.45, 7) is 6.03.